The van der Waals surface area contributed by atoms with Crippen molar-refractivity contribution in [3.63, 3.8) is 0 Å². The third kappa shape index (κ3) is 1.48. The zero-order chi connectivity index (χ0) is 8.43. The maximum absolute atomic E-state index is 2.55. The number of hydrogen-bond donors (Lipinski definition) is 0. The van der Waals surface area contributed by atoms with E-state index in [0.29, 0.717) is 0 Å². The molecule has 0 spiro atoms. The van der Waals surface area contributed by atoms with Crippen molar-refractivity contribution in [3.8, 4) is 0 Å². The maximum atomic E-state index is 2.55. The predicted octanol–water partition coefficient (Wildman–Crippen LogP) is 2.44. The van der Waals surface area contributed by atoms with Crippen LogP contribution in [0.3, 0.4) is 0 Å². The van der Waals surface area contributed by atoms with E-state index in [4.69, 9.17) is 0 Å². The molecule has 0 saturated carbocycles. The van der Waals surface area contributed by atoms with Gasteiger partial charge < -0.3 is 0 Å². The molecule has 0 amide bonds. The molecule has 0 aromatic carbocycles. The largest absolute Gasteiger partial charge is 0.293 e. The lowest BCUT2D eigenvalue weighted by Gasteiger charge is -2.22. The molecular formula is C10H19N. The average molecular weight is 153 g/mol. The Morgan fingerprint density at radius 1 is 1.36 bits per heavy atom. The lowest BCUT2D eigenvalue weighted by molar-refractivity contribution is 0.271. The molecule has 1 nitrogen and oxygen atoms in total. The van der Waals surface area contributed by atoms with Gasteiger partial charge in [0.15, 0.2) is 0 Å². The molecule has 11 heavy (non-hydrogen) atoms. The van der Waals surface area contributed by atoms with Crippen molar-refractivity contribution in [2.75, 3.05) is 13.1 Å². The summed E-state index contributed by atoms with van der Waals surface area (Å²) in [5.74, 6) is 0. The standard InChI is InChI=1S/C10H19N/c1-5-10-9(4)8(3)7-11(10)6-2/h10H,5-7H2,1-4H3. The van der Waals surface area contributed by atoms with Gasteiger partial charge in [-0.1, -0.05) is 25.0 Å². The van der Waals surface area contributed by atoms with Gasteiger partial charge in [0.25, 0.3) is 0 Å². The Balaban J connectivity index is 2.70. The highest BCUT2D eigenvalue weighted by molar-refractivity contribution is 5.23. The summed E-state index contributed by atoms with van der Waals surface area (Å²) in [5, 5.41) is 0. The molecule has 1 heterocycles. The monoisotopic (exact) mass is 153 g/mol. The number of likely N-dealkylation sites (N-methyl/N-ethyl adjacent to an activating group) is 1. The molecule has 0 N–H and O–H groups in total. The Morgan fingerprint density at radius 3 is 2.36 bits per heavy atom. The molecule has 0 bridgehead atoms. The van der Waals surface area contributed by atoms with Crippen molar-refractivity contribution in [1.29, 1.82) is 0 Å². The Bertz CT molecular complexity index is 170. The maximum Gasteiger partial charge on any atom is 0.0308 e. The van der Waals surface area contributed by atoms with Crippen molar-refractivity contribution in [2.24, 2.45) is 0 Å². The second-order valence-corrected chi connectivity index (χ2v) is 3.45. The highest BCUT2D eigenvalue weighted by atomic mass is 15.2. The minimum Gasteiger partial charge on any atom is -0.293 e. The molecule has 1 aliphatic heterocycles. The number of hydrogen-bond acceptors (Lipinski definition) is 1. The van der Waals surface area contributed by atoms with Crippen LogP contribution in [0, 0.1) is 0 Å². The topological polar surface area (TPSA) is 3.24 Å². The molecule has 0 aromatic rings. The number of nitrogens with zero attached hydrogens (tertiary/aromatic N) is 1. The summed E-state index contributed by atoms with van der Waals surface area (Å²) in [6.45, 7) is 11.4. The molecule has 1 rings (SSSR count). The first-order valence-electron chi connectivity index (χ1n) is 4.61. The molecule has 1 unspecified atom stereocenters. The van der Waals surface area contributed by atoms with E-state index in [2.05, 4.69) is 32.6 Å². The molecular weight excluding hydrogens is 134 g/mol. The summed E-state index contributed by atoms with van der Waals surface area (Å²) in [6.07, 6.45) is 1.26. The smallest absolute Gasteiger partial charge is 0.0308 e. The van der Waals surface area contributed by atoms with Crippen LogP contribution in [-0.4, -0.2) is 24.0 Å². The third-order valence-electron chi connectivity index (χ3n) is 2.85. The lowest BCUT2D eigenvalue weighted by atomic mass is 10.1. The minimum atomic E-state index is 0.736. The van der Waals surface area contributed by atoms with Gasteiger partial charge in [-0.05, 0) is 26.8 Å². The summed E-state index contributed by atoms with van der Waals surface area (Å²) in [6, 6.07) is 0.736. The van der Waals surface area contributed by atoms with E-state index in [0.717, 1.165) is 6.04 Å². The zero-order valence-corrected chi connectivity index (χ0v) is 8.15. The van der Waals surface area contributed by atoms with Crippen molar-refractivity contribution in [2.45, 2.75) is 40.2 Å². The lowest BCUT2D eigenvalue weighted by Crippen LogP contribution is -2.30. The SMILES string of the molecule is CCC1C(C)=C(C)CN1CC. The molecule has 1 aliphatic rings. The second kappa shape index (κ2) is 3.40. The summed E-state index contributed by atoms with van der Waals surface area (Å²) >= 11 is 0. The molecule has 1 heteroatoms. The van der Waals surface area contributed by atoms with Crippen LogP contribution in [0.25, 0.3) is 0 Å². The van der Waals surface area contributed by atoms with Gasteiger partial charge in [-0.3, -0.25) is 4.90 Å². The van der Waals surface area contributed by atoms with E-state index in [-0.39, 0.29) is 0 Å². The van der Waals surface area contributed by atoms with Crippen LogP contribution in [0.5, 0.6) is 0 Å². The summed E-state index contributed by atoms with van der Waals surface area (Å²) < 4.78 is 0. The molecule has 0 aliphatic carbocycles. The van der Waals surface area contributed by atoms with Crippen LogP contribution in [0.4, 0.5) is 0 Å². The van der Waals surface area contributed by atoms with Gasteiger partial charge in [-0.2, -0.15) is 0 Å². The Morgan fingerprint density at radius 2 is 2.00 bits per heavy atom. The average Bonchev–Trinajstić information content (AvgIpc) is 2.28. The first-order valence-corrected chi connectivity index (χ1v) is 4.61. The van der Waals surface area contributed by atoms with Gasteiger partial charge in [0, 0.05) is 12.6 Å². The highest BCUT2D eigenvalue weighted by Crippen LogP contribution is 2.25. The fourth-order valence-electron chi connectivity index (χ4n) is 1.99. The van der Waals surface area contributed by atoms with E-state index >= 15 is 0 Å². The highest BCUT2D eigenvalue weighted by Gasteiger charge is 2.24. The van der Waals surface area contributed by atoms with Gasteiger partial charge >= 0.3 is 0 Å². The second-order valence-electron chi connectivity index (χ2n) is 3.45. The molecule has 0 saturated heterocycles. The molecule has 1 atom stereocenters. The van der Waals surface area contributed by atoms with Crippen LogP contribution < -0.4 is 0 Å². The van der Waals surface area contributed by atoms with Crippen LogP contribution in [0.15, 0.2) is 11.1 Å². The van der Waals surface area contributed by atoms with Gasteiger partial charge in [-0.25, -0.2) is 0 Å². The first kappa shape index (κ1) is 8.79. The fraction of sp³-hybridized carbons (Fsp3) is 0.800. The fourth-order valence-corrected chi connectivity index (χ4v) is 1.99. The van der Waals surface area contributed by atoms with Crippen molar-refractivity contribution < 1.29 is 0 Å². The van der Waals surface area contributed by atoms with Crippen molar-refractivity contribution >= 4 is 0 Å². The summed E-state index contributed by atoms with van der Waals surface area (Å²) in [7, 11) is 0. The van der Waals surface area contributed by atoms with E-state index in [1.54, 1.807) is 11.1 Å². The van der Waals surface area contributed by atoms with Crippen LogP contribution in [-0.2, 0) is 0 Å². The third-order valence-corrected chi connectivity index (χ3v) is 2.85. The van der Waals surface area contributed by atoms with E-state index in [1.165, 1.54) is 19.5 Å². The number of rotatable bonds is 2. The quantitative estimate of drug-likeness (QED) is 0.551. The molecule has 0 fully saturated rings. The van der Waals surface area contributed by atoms with E-state index in [9.17, 15) is 0 Å². The summed E-state index contributed by atoms with van der Waals surface area (Å²) in [5.41, 5.74) is 3.19. The Kier molecular flexibility index (Phi) is 2.72. The Labute approximate surface area is 70.1 Å². The predicted molar refractivity (Wildman–Crippen MR) is 49.7 cm³/mol. The van der Waals surface area contributed by atoms with Crippen LogP contribution in [0.2, 0.25) is 0 Å². The molecule has 0 radical (unpaired) electrons. The minimum absolute atomic E-state index is 0.736. The van der Waals surface area contributed by atoms with Crippen LogP contribution >= 0.6 is 0 Å². The van der Waals surface area contributed by atoms with Gasteiger partial charge in [0.1, 0.15) is 0 Å². The van der Waals surface area contributed by atoms with Crippen LogP contribution in [0.1, 0.15) is 34.1 Å². The van der Waals surface area contributed by atoms with Gasteiger partial charge in [-0.15, -0.1) is 0 Å². The van der Waals surface area contributed by atoms with Gasteiger partial charge in [0.2, 0.25) is 0 Å². The van der Waals surface area contributed by atoms with Crippen molar-refractivity contribution in [3.05, 3.63) is 11.1 Å². The molecule has 64 valence electrons. The van der Waals surface area contributed by atoms with Gasteiger partial charge in [0.05, 0.1) is 0 Å². The zero-order valence-electron chi connectivity index (χ0n) is 8.15. The van der Waals surface area contributed by atoms with Crippen molar-refractivity contribution in [1.82, 2.24) is 4.90 Å². The first-order chi connectivity index (χ1) is 5.20. The molecule has 0 aromatic heterocycles. The Hall–Kier alpha value is -0.300. The van der Waals surface area contributed by atoms with E-state index in [1.807, 2.05) is 0 Å². The summed E-state index contributed by atoms with van der Waals surface area (Å²) in [4.78, 5) is 2.55. The van der Waals surface area contributed by atoms with E-state index < -0.39 is 0 Å². The normalized spacial score (nSPS) is 26.7.